The van der Waals surface area contributed by atoms with Gasteiger partial charge in [0.15, 0.2) is 5.92 Å². The molecule has 0 spiro atoms. The van der Waals surface area contributed by atoms with E-state index in [4.69, 9.17) is 14.2 Å². The van der Waals surface area contributed by atoms with E-state index in [9.17, 15) is 9.59 Å². The molecule has 0 radical (unpaired) electrons. The van der Waals surface area contributed by atoms with Crippen LogP contribution in [-0.4, -0.2) is 32.3 Å². The van der Waals surface area contributed by atoms with Crippen LogP contribution in [0.1, 0.15) is 25.3 Å². The Balaban J connectivity index is 2.27. The van der Waals surface area contributed by atoms with Gasteiger partial charge in [-0.1, -0.05) is 36.4 Å². The SMILES string of the molecule is CCOC(=O)C(C(=O)OCC)c1ccc(-c2ccc(OC)cc2)cc1. The maximum Gasteiger partial charge on any atom is 0.324 e. The predicted octanol–water partition coefficient (Wildman–Crippen LogP) is 3.57. The van der Waals surface area contributed by atoms with E-state index in [1.165, 1.54) is 0 Å². The highest BCUT2D eigenvalue weighted by atomic mass is 16.6. The molecule has 132 valence electrons. The van der Waals surface area contributed by atoms with Crippen molar-refractivity contribution in [2.75, 3.05) is 20.3 Å². The summed E-state index contributed by atoms with van der Waals surface area (Å²) in [5.41, 5.74) is 2.53. The molecule has 0 aliphatic heterocycles. The van der Waals surface area contributed by atoms with Crippen LogP contribution in [-0.2, 0) is 19.1 Å². The zero-order valence-electron chi connectivity index (χ0n) is 14.7. The Labute approximate surface area is 147 Å². The highest BCUT2D eigenvalue weighted by molar-refractivity contribution is 6.00. The van der Waals surface area contributed by atoms with Gasteiger partial charge in [0.25, 0.3) is 0 Å². The number of hydrogen-bond donors (Lipinski definition) is 0. The normalized spacial score (nSPS) is 10.4. The van der Waals surface area contributed by atoms with Crippen molar-refractivity contribution in [2.45, 2.75) is 19.8 Å². The highest BCUT2D eigenvalue weighted by Crippen LogP contribution is 2.26. The van der Waals surface area contributed by atoms with E-state index in [-0.39, 0.29) is 13.2 Å². The van der Waals surface area contributed by atoms with Gasteiger partial charge in [0.2, 0.25) is 0 Å². The zero-order chi connectivity index (χ0) is 18.2. The van der Waals surface area contributed by atoms with Crippen LogP contribution in [0.25, 0.3) is 11.1 Å². The first-order chi connectivity index (χ1) is 12.1. The second-order valence-corrected chi connectivity index (χ2v) is 5.29. The molecule has 25 heavy (non-hydrogen) atoms. The summed E-state index contributed by atoms with van der Waals surface area (Å²) in [6.45, 7) is 3.82. The predicted molar refractivity (Wildman–Crippen MR) is 94.4 cm³/mol. The third kappa shape index (κ3) is 4.59. The van der Waals surface area contributed by atoms with E-state index in [1.54, 1.807) is 33.1 Å². The summed E-state index contributed by atoms with van der Waals surface area (Å²) in [5, 5.41) is 0. The summed E-state index contributed by atoms with van der Waals surface area (Å²) in [4.78, 5) is 24.3. The average molecular weight is 342 g/mol. The number of benzene rings is 2. The number of rotatable bonds is 7. The van der Waals surface area contributed by atoms with Gasteiger partial charge in [-0.25, -0.2) is 0 Å². The van der Waals surface area contributed by atoms with Crippen LogP contribution >= 0.6 is 0 Å². The van der Waals surface area contributed by atoms with Crippen molar-refractivity contribution in [1.29, 1.82) is 0 Å². The van der Waals surface area contributed by atoms with Crippen molar-refractivity contribution in [3.8, 4) is 16.9 Å². The van der Waals surface area contributed by atoms with Crippen molar-refractivity contribution >= 4 is 11.9 Å². The van der Waals surface area contributed by atoms with Gasteiger partial charge in [0.05, 0.1) is 20.3 Å². The van der Waals surface area contributed by atoms with Gasteiger partial charge < -0.3 is 14.2 Å². The van der Waals surface area contributed by atoms with Crippen LogP contribution in [0.5, 0.6) is 5.75 Å². The Kier molecular flexibility index (Phi) is 6.57. The van der Waals surface area contributed by atoms with E-state index in [0.29, 0.717) is 5.56 Å². The topological polar surface area (TPSA) is 61.8 Å². The average Bonchev–Trinajstić information content (AvgIpc) is 2.63. The Morgan fingerprint density at radius 2 is 1.24 bits per heavy atom. The molecule has 0 bridgehead atoms. The lowest BCUT2D eigenvalue weighted by Crippen LogP contribution is -2.26. The third-order valence-electron chi connectivity index (χ3n) is 3.71. The third-order valence-corrected chi connectivity index (χ3v) is 3.71. The maximum atomic E-state index is 12.1. The second-order valence-electron chi connectivity index (χ2n) is 5.29. The monoisotopic (exact) mass is 342 g/mol. The quantitative estimate of drug-likeness (QED) is 0.568. The molecule has 0 aliphatic rings. The molecule has 0 saturated carbocycles. The number of esters is 2. The molecule has 0 fully saturated rings. The fraction of sp³-hybridized carbons (Fsp3) is 0.300. The minimum absolute atomic E-state index is 0.207. The summed E-state index contributed by atoms with van der Waals surface area (Å²) in [6, 6.07) is 14.9. The smallest absolute Gasteiger partial charge is 0.324 e. The Morgan fingerprint density at radius 1 is 0.800 bits per heavy atom. The molecule has 0 saturated heterocycles. The molecule has 5 heteroatoms. The Hall–Kier alpha value is -2.82. The standard InChI is InChI=1S/C20H22O5/c1-4-24-19(21)18(20(22)25-5-2)16-8-6-14(7-9-16)15-10-12-17(23-3)13-11-15/h6-13,18H,4-5H2,1-3H3. The summed E-state index contributed by atoms with van der Waals surface area (Å²) < 4.78 is 15.2. The molecule has 0 heterocycles. The maximum absolute atomic E-state index is 12.1. The minimum Gasteiger partial charge on any atom is -0.497 e. The molecule has 0 aromatic heterocycles. The number of ether oxygens (including phenoxy) is 3. The fourth-order valence-electron chi connectivity index (χ4n) is 2.47. The number of carbonyl (C=O) groups excluding carboxylic acids is 2. The summed E-state index contributed by atoms with van der Waals surface area (Å²) in [7, 11) is 1.62. The largest absolute Gasteiger partial charge is 0.497 e. The number of methoxy groups -OCH3 is 1. The molecule has 2 aromatic rings. The molecular weight excluding hydrogens is 320 g/mol. The van der Waals surface area contributed by atoms with Crippen LogP contribution in [0.4, 0.5) is 0 Å². The van der Waals surface area contributed by atoms with Crippen LogP contribution in [0.15, 0.2) is 48.5 Å². The van der Waals surface area contributed by atoms with Gasteiger partial charge in [0, 0.05) is 0 Å². The van der Waals surface area contributed by atoms with Gasteiger partial charge in [-0.3, -0.25) is 9.59 Å². The van der Waals surface area contributed by atoms with Crippen molar-refractivity contribution < 1.29 is 23.8 Å². The van der Waals surface area contributed by atoms with E-state index < -0.39 is 17.9 Å². The molecule has 0 unspecified atom stereocenters. The molecule has 0 aliphatic carbocycles. The van der Waals surface area contributed by atoms with Gasteiger partial charge >= 0.3 is 11.9 Å². The van der Waals surface area contributed by atoms with Gasteiger partial charge in [-0.15, -0.1) is 0 Å². The molecule has 2 aromatic carbocycles. The van der Waals surface area contributed by atoms with Crippen molar-refractivity contribution in [3.05, 3.63) is 54.1 Å². The van der Waals surface area contributed by atoms with Crippen LogP contribution in [0.3, 0.4) is 0 Å². The summed E-state index contributed by atoms with van der Waals surface area (Å²) in [5.74, 6) is -1.48. The number of carbonyl (C=O) groups is 2. The van der Waals surface area contributed by atoms with Gasteiger partial charge in [0.1, 0.15) is 5.75 Å². The van der Waals surface area contributed by atoms with Crippen LogP contribution in [0, 0.1) is 0 Å². The van der Waals surface area contributed by atoms with Crippen molar-refractivity contribution in [1.82, 2.24) is 0 Å². The van der Waals surface area contributed by atoms with Crippen molar-refractivity contribution in [2.24, 2.45) is 0 Å². The first kappa shape index (κ1) is 18.5. The Bertz CT molecular complexity index is 686. The van der Waals surface area contributed by atoms with Crippen LogP contribution < -0.4 is 4.74 Å². The van der Waals surface area contributed by atoms with E-state index in [2.05, 4.69) is 0 Å². The lowest BCUT2D eigenvalue weighted by atomic mass is 9.96. The summed E-state index contributed by atoms with van der Waals surface area (Å²) >= 11 is 0. The highest BCUT2D eigenvalue weighted by Gasteiger charge is 2.31. The van der Waals surface area contributed by atoms with Gasteiger partial charge in [-0.2, -0.15) is 0 Å². The van der Waals surface area contributed by atoms with E-state index >= 15 is 0 Å². The lowest BCUT2D eigenvalue weighted by molar-refractivity contribution is -0.156. The first-order valence-corrected chi connectivity index (χ1v) is 8.18. The van der Waals surface area contributed by atoms with Crippen molar-refractivity contribution in [3.63, 3.8) is 0 Å². The first-order valence-electron chi connectivity index (χ1n) is 8.18. The Morgan fingerprint density at radius 3 is 1.64 bits per heavy atom. The minimum atomic E-state index is -1.06. The van der Waals surface area contributed by atoms with E-state index in [1.807, 2.05) is 36.4 Å². The lowest BCUT2D eigenvalue weighted by Gasteiger charge is -2.15. The van der Waals surface area contributed by atoms with Gasteiger partial charge in [-0.05, 0) is 42.7 Å². The number of hydrogen-bond acceptors (Lipinski definition) is 5. The molecule has 0 atom stereocenters. The summed E-state index contributed by atoms with van der Waals surface area (Å²) in [6.07, 6.45) is 0. The van der Waals surface area contributed by atoms with Crippen LogP contribution in [0.2, 0.25) is 0 Å². The molecular formula is C20H22O5. The second kappa shape index (κ2) is 8.87. The van der Waals surface area contributed by atoms with E-state index in [0.717, 1.165) is 16.9 Å². The molecule has 2 rings (SSSR count). The molecule has 5 nitrogen and oxygen atoms in total. The fourth-order valence-corrected chi connectivity index (χ4v) is 2.47. The molecule has 0 N–H and O–H groups in total. The molecule has 0 amide bonds. The zero-order valence-corrected chi connectivity index (χ0v) is 14.7.